The molecule has 0 heterocycles. The summed E-state index contributed by atoms with van der Waals surface area (Å²) in [5.74, 6) is -1.44. The van der Waals surface area contributed by atoms with Crippen LogP contribution in [-0.4, -0.2) is 35.1 Å². The quantitative estimate of drug-likeness (QED) is 0.550. The molecule has 2 aromatic carbocycles. The van der Waals surface area contributed by atoms with E-state index >= 15 is 0 Å². The number of amides is 2. The van der Waals surface area contributed by atoms with E-state index in [-0.39, 0.29) is 17.4 Å². The van der Waals surface area contributed by atoms with Crippen LogP contribution in [0.4, 0.5) is 14.5 Å². The molecular formula is C20H20ClF2N3O2. The van der Waals surface area contributed by atoms with Crippen molar-refractivity contribution >= 4 is 35.3 Å². The molecule has 0 aliphatic heterocycles. The summed E-state index contributed by atoms with van der Waals surface area (Å²) < 4.78 is 26.3. The number of hydrogen-bond donors (Lipinski definition) is 1. The first kappa shape index (κ1) is 21.5. The Morgan fingerprint density at radius 2 is 1.86 bits per heavy atom. The molecule has 0 spiro atoms. The van der Waals surface area contributed by atoms with Crippen molar-refractivity contribution < 1.29 is 18.4 Å². The van der Waals surface area contributed by atoms with Crippen LogP contribution in [0.5, 0.6) is 0 Å². The van der Waals surface area contributed by atoms with E-state index in [2.05, 4.69) is 10.3 Å². The fraction of sp³-hybridized carbons (Fsp3) is 0.250. The first-order chi connectivity index (χ1) is 13.1. The minimum absolute atomic E-state index is 0.120. The lowest BCUT2D eigenvalue weighted by atomic mass is 10.1. The fourth-order valence-electron chi connectivity index (χ4n) is 2.52. The summed E-state index contributed by atoms with van der Waals surface area (Å²) in [6.07, 6.45) is 0.526. The molecule has 5 nitrogen and oxygen atoms in total. The van der Waals surface area contributed by atoms with Crippen LogP contribution in [-0.2, 0) is 9.59 Å². The summed E-state index contributed by atoms with van der Waals surface area (Å²) in [6.45, 7) is 4.82. The summed E-state index contributed by atoms with van der Waals surface area (Å²) in [6, 6.07) is 9.59. The molecular weight excluding hydrogens is 388 g/mol. The second-order valence-corrected chi connectivity index (χ2v) is 7.02. The lowest BCUT2D eigenvalue weighted by Gasteiger charge is -2.32. The van der Waals surface area contributed by atoms with Crippen LogP contribution >= 0.6 is 11.6 Å². The van der Waals surface area contributed by atoms with Gasteiger partial charge in [-0.2, -0.15) is 0 Å². The Hall–Kier alpha value is -2.80. The molecule has 8 heteroatoms. The number of nitrogens with one attached hydrogen (secondary N) is 1. The summed E-state index contributed by atoms with van der Waals surface area (Å²) in [5, 5.41) is 2.44. The number of rotatable bonds is 7. The lowest BCUT2D eigenvalue weighted by Crippen LogP contribution is -2.46. The van der Waals surface area contributed by atoms with Gasteiger partial charge >= 0.3 is 0 Å². The molecule has 0 atom stereocenters. The second kappa shape index (κ2) is 8.93. The minimum Gasteiger partial charge on any atom is -0.324 e. The number of halogens is 3. The van der Waals surface area contributed by atoms with Crippen molar-refractivity contribution in [1.29, 1.82) is 0 Å². The molecule has 0 aliphatic carbocycles. The second-order valence-electron chi connectivity index (χ2n) is 6.61. The van der Waals surface area contributed by atoms with E-state index in [4.69, 9.17) is 11.6 Å². The van der Waals surface area contributed by atoms with Gasteiger partial charge < -0.3 is 10.2 Å². The highest BCUT2D eigenvalue weighted by atomic mass is 35.5. The molecule has 1 N–H and O–H groups in total. The molecule has 0 aliphatic rings. The van der Waals surface area contributed by atoms with Gasteiger partial charge in [0, 0.05) is 11.4 Å². The van der Waals surface area contributed by atoms with Crippen molar-refractivity contribution in [1.82, 2.24) is 4.90 Å². The Morgan fingerprint density at radius 3 is 2.43 bits per heavy atom. The largest absolute Gasteiger partial charge is 0.324 e. The van der Waals surface area contributed by atoms with Gasteiger partial charge in [-0.3, -0.25) is 14.6 Å². The highest BCUT2D eigenvalue weighted by Gasteiger charge is 2.27. The van der Waals surface area contributed by atoms with Crippen molar-refractivity contribution in [3.8, 4) is 0 Å². The topological polar surface area (TPSA) is 61.8 Å². The van der Waals surface area contributed by atoms with Crippen molar-refractivity contribution in [2.75, 3.05) is 11.9 Å². The van der Waals surface area contributed by atoms with Gasteiger partial charge in [0.2, 0.25) is 12.3 Å². The van der Waals surface area contributed by atoms with Gasteiger partial charge in [0.25, 0.3) is 0 Å². The van der Waals surface area contributed by atoms with Crippen molar-refractivity contribution in [2.45, 2.75) is 26.4 Å². The first-order valence-electron chi connectivity index (χ1n) is 8.41. The number of carbonyl (C=O) groups is 2. The van der Waals surface area contributed by atoms with Crippen LogP contribution in [0.3, 0.4) is 0 Å². The zero-order valence-corrected chi connectivity index (χ0v) is 16.4. The van der Waals surface area contributed by atoms with E-state index in [1.807, 2.05) is 0 Å². The van der Waals surface area contributed by atoms with Crippen LogP contribution in [0.15, 0.2) is 47.5 Å². The summed E-state index contributed by atoms with van der Waals surface area (Å²) in [4.78, 5) is 29.6. The number of aliphatic imine (C=N–C) groups is 1. The van der Waals surface area contributed by atoms with Crippen LogP contribution in [0.1, 0.15) is 26.3 Å². The molecule has 0 radical (unpaired) electrons. The first-order valence-corrected chi connectivity index (χ1v) is 8.79. The predicted octanol–water partition coefficient (Wildman–Crippen LogP) is 4.26. The van der Waals surface area contributed by atoms with Crippen LogP contribution in [0.2, 0.25) is 5.02 Å². The normalized spacial score (nSPS) is 11.9. The molecule has 28 heavy (non-hydrogen) atoms. The standard InChI is InChI=1S/C20H20ClF2N3O2/c1-13(14-4-6-15(22)7-5-14)25-20(2,3)26(12-27)11-19(28)24-16-8-9-18(23)17(21)10-16/h4-10,12H,11H2,1-3H3,(H,24,28)/b25-13+. The number of carbonyl (C=O) groups excluding carboxylic acids is 2. The highest BCUT2D eigenvalue weighted by molar-refractivity contribution is 6.31. The Bertz CT molecular complexity index is 899. The summed E-state index contributed by atoms with van der Waals surface area (Å²) >= 11 is 5.69. The minimum atomic E-state index is -1.03. The van der Waals surface area contributed by atoms with Gasteiger partial charge in [-0.15, -0.1) is 0 Å². The monoisotopic (exact) mass is 407 g/mol. The summed E-state index contributed by atoms with van der Waals surface area (Å²) in [5.41, 5.74) is 0.567. The maximum atomic E-state index is 13.2. The number of hydrogen-bond acceptors (Lipinski definition) is 3. The molecule has 2 aromatic rings. The Kier molecular flexibility index (Phi) is 6.85. The van der Waals surface area contributed by atoms with E-state index in [9.17, 15) is 18.4 Å². The Morgan fingerprint density at radius 1 is 1.21 bits per heavy atom. The number of nitrogens with zero attached hydrogens (tertiary/aromatic N) is 2. The van der Waals surface area contributed by atoms with Gasteiger partial charge in [0.05, 0.1) is 5.02 Å². The van der Waals surface area contributed by atoms with E-state index in [0.717, 1.165) is 6.07 Å². The average Bonchev–Trinajstić information content (AvgIpc) is 2.62. The molecule has 0 bridgehead atoms. The molecule has 0 aromatic heterocycles. The van der Waals surface area contributed by atoms with E-state index < -0.39 is 17.4 Å². The lowest BCUT2D eigenvalue weighted by molar-refractivity contribution is -0.129. The third kappa shape index (κ3) is 5.60. The SMILES string of the molecule is C/C(=N\C(C)(C)N(C=O)CC(=O)Nc1ccc(F)c(Cl)c1)c1ccc(F)cc1. The molecule has 0 fully saturated rings. The molecule has 0 saturated carbocycles. The van der Waals surface area contributed by atoms with Crippen LogP contribution < -0.4 is 5.32 Å². The maximum absolute atomic E-state index is 13.2. The van der Waals surface area contributed by atoms with Gasteiger partial charge in [-0.05, 0) is 56.7 Å². The van der Waals surface area contributed by atoms with Crippen molar-refractivity contribution in [2.24, 2.45) is 4.99 Å². The number of benzene rings is 2. The fourth-order valence-corrected chi connectivity index (χ4v) is 2.70. The van der Waals surface area contributed by atoms with E-state index in [0.29, 0.717) is 23.4 Å². The maximum Gasteiger partial charge on any atom is 0.244 e. The van der Waals surface area contributed by atoms with E-state index in [1.165, 1.54) is 29.2 Å². The van der Waals surface area contributed by atoms with Crippen molar-refractivity contribution in [3.63, 3.8) is 0 Å². The van der Waals surface area contributed by atoms with Gasteiger partial charge in [0.15, 0.2) is 0 Å². The molecule has 0 unspecified atom stereocenters. The van der Waals surface area contributed by atoms with Crippen LogP contribution in [0, 0.1) is 11.6 Å². The molecule has 0 saturated heterocycles. The highest BCUT2D eigenvalue weighted by Crippen LogP contribution is 2.20. The zero-order chi connectivity index (χ0) is 20.9. The molecule has 2 rings (SSSR count). The third-order valence-electron chi connectivity index (χ3n) is 4.05. The molecule has 2 amide bonds. The molecule has 148 valence electrons. The Labute approximate surface area is 167 Å². The average molecular weight is 408 g/mol. The van der Waals surface area contributed by atoms with Crippen molar-refractivity contribution in [3.05, 3.63) is 64.7 Å². The zero-order valence-electron chi connectivity index (χ0n) is 15.7. The van der Waals surface area contributed by atoms with Gasteiger partial charge in [-0.1, -0.05) is 23.7 Å². The smallest absolute Gasteiger partial charge is 0.244 e. The van der Waals surface area contributed by atoms with Gasteiger partial charge in [0.1, 0.15) is 23.8 Å². The third-order valence-corrected chi connectivity index (χ3v) is 4.34. The van der Waals surface area contributed by atoms with Crippen LogP contribution in [0.25, 0.3) is 0 Å². The summed E-state index contributed by atoms with van der Waals surface area (Å²) in [7, 11) is 0. The number of anilines is 1. The van der Waals surface area contributed by atoms with Gasteiger partial charge in [-0.25, -0.2) is 8.78 Å². The predicted molar refractivity (Wildman–Crippen MR) is 105 cm³/mol. The Balaban J connectivity index is 2.12. The van der Waals surface area contributed by atoms with E-state index in [1.54, 1.807) is 32.9 Å².